The van der Waals surface area contributed by atoms with Gasteiger partial charge in [-0.1, -0.05) is 47.5 Å². The van der Waals surface area contributed by atoms with Crippen LogP contribution in [0, 0.1) is 17.7 Å². The third kappa shape index (κ3) is 5.88. The largest absolute Gasteiger partial charge is 0.416 e. The number of nitroso groups, excluding NO2 is 1. The molecule has 1 aliphatic carbocycles. The Kier molecular flexibility index (Phi) is 7.90. The summed E-state index contributed by atoms with van der Waals surface area (Å²) in [7, 11) is 0. The lowest BCUT2D eigenvalue weighted by atomic mass is 9.78. The van der Waals surface area contributed by atoms with Crippen LogP contribution in [0.2, 0.25) is 0 Å². The Hall–Kier alpha value is -4.15. The van der Waals surface area contributed by atoms with Crippen molar-refractivity contribution >= 4 is 23.3 Å². The number of carbonyl (C=O) groups is 1. The average Bonchev–Trinajstić information content (AvgIpc) is 3.26. The number of nitrogens with one attached hydrogen (secondary N) is 1. The predicted octanol–water partition coefficient (Wildman–Crippen LogP) is 6.81. The van der Waals surface area contributed by atoms with Crippen LogP contribution in [-0.4, -0.2) is 38.4 Å². The summed E-state index contributed by atoms with van der Waals surface area (Å²) < 4.78 is 41.5. The van der Waals surface area contributed by atoms with E-state index < -0.39 is 11.7 Å². The van der Waals surface area contributed by atoms with Gasteiger partial charge >= 0.3 is 6.18 Å². The number of carbonyl (C=O) groups excluding carboxylic acids is 1. The van der Waals surface area contributed by atoms with Crippen molar-refractivity contribution in [2.75, 3.05) is 11.9 Å². The fourth-order valence-electron chi connectivity index (χ4n) is 5.17. The number of aldehydes is 1. The van der Waals surface area contributed by atoms with Crippen molar-refractivity contribution in [3.05, 3.63) is 76.0 Å². The van der Waals surface area contributed by atoms with Crippen molar-refractivity contribution in [3.8, 4) is 11.4 Å². The zero-order valence-corrected chi connectivity index (χ0v) is 22.0. The molecule has 4 aromatic rings. The topological polar surface area (TPSA) is 102 Å². The van der Waals surface area contributed by atoms with Crippen LogP contribution in [0.15, 0.2) is 53.7 Å². The summed E-state index contributed by atoms with van der Waals surface area (Å²) in [5, 5.41) is 6.51. The van der Waals surface area contributed by atoms with Crippen LogP contribution in [0.3, 0.4) is 0 Å². The molecule has 1 saturated carbocycles. The van der Waals surface area contributed by atoms with E-state index >= 15 is 0 Å². The predicted molar refractivity (Wildman–Crippen MR) is 146 cm³/mol. The molecule has 1 fully saturated rings. The second kappa shape index (κ2) is 11.5. The molecule has 1 unspecified atom stereocenters. The number of fused-ring (bicyclic) bond motifs is 1. The molecule has 0 radical (unpaired) electrons. The molecule has 1 atom stereocenters. The molecule has 208 valence electrons. The number of halogens is 3. The minimum atomic E-state index is -4.43. The minimum Gasteiger partial charge on any atom is -0.365 e. The second-order valence-electron chi connectivity index (χ2n) is 10.2. The highest BCUT2D eigenvalue weighted by Crippen LogP contribution is 2.36. The van der Waals surface area contributed by atoms with Crippen LogP contribution in [0.25, 0.3) is 22.6 Å². The molecular formula is C29H29F3N6O2. The lowest BCUT2D eigenvalue weighted by Crippen LogP contribution is -2.34. The first-order valence-electron chi connectivity index (χ1n) is 13.3. The number of aryl methyl sites for hydroxylation is 1. The molecule has 11 heteroatoms. The van der Waals surface area contributed by atoms with Crippen molar-refractivity contribution in [1.82, 2.24) is 19.5 Å². The van der Waals surface area contributed by atoms with Gasteiger partial charge in [0.25, 0.3) is 0 Å². The highest BCUT2D eigenvalue weighted by molar-refractivity contribution is 5.89. The van der Waals surface area contributed by atoms with Gasteiger partial charge in [-0.15, -0.1) is 0 Å². The van der Waals surface area contributed by atoms with E-state index in [4.69, 9.17) is 4.98 Å². The maximum absolute atomic E-state index is 13.2. The van der Waals surface area contributed by atoms with E-state index in [1.54, 1.807) is 0 Å². The molecule has 1 aliphatic rings. The molecular weight excluding hydrogens is 521 g/mol. The van der Waals surface area contributed by atoms with Crippen molar-refractivity contribution < 1.29 is 18.0 Å². The van der Waals surface area contributed by atoms with Gasteiger partial charge in [-0.2, -0.15) is 18.1 Å². The molecule has 2 heterocycles. The molecule has 0 amide bonds. The summed E-state index contributed by atoms with van der Waals surface area (Å²) in [5.41, 5.74) is 2.60. The number of alkyl halides is 3. The smallest absolute Gasteiger partial charge is 0.365 e. The van der Waals surface area contributed by atoms with Crippen molar-refractivity contribution in [2.24, 2.45) is 11.1 Å². The number of hydrogen-bond acceptors (Lipinski definition) is 7. The monoisotopic (exact) mass is 550 g/mol. The summed E-state index contributed by atoms with van der Waals surface area (Å²) in [4.78, 5) is 36.2. The van der Waals surface area contributed by atoms with Gasteiger partial charge in [0.05, 0.1) is 12.1 Å². The normalized spacial score (nSPS) is 14.6. The van der Waals surface area contributed by atoms with Gasteiger partial charge in [0.15, 0.2) is 23.6 Å². The third-order valence-corrected chi connectivity index (χ3v) is 7.43. The molecule has 0 saturated heterocycles. The first kappa shape index (κ1) is 27.4. The lowest BCUT2D eigenvalue weighted by Gasteiger charge is -2.34. The maximum Gasteiger partial charge on any atom is 0.416 e. The highest BCUT2D eigenvalue weighted by Gasteiger charge is 2.31. The quantitative estimate of drug-likeness (QED) is 0.125. The molecule has 2 aromatic carbocycles. The molecule has 8 nitrogen and oxygen atoms in total. The van der Waals surface area contributed by atoms with E-state index in [1.165, 1.54) is 12.1 Å². The third-order valence-electron chi connectivity index (χ3n) is 7.43. The molecule has 2 aromatic heterocycles. The van der Waals surface area contributed by atoms with Gasteiger partial charge in [-0.25, -0.2) is 15.0 Å². The Morgan fingerprint density at radius 1 is 1.12 bits per heavy atom. The van der Waals surface area contributed by atoms with E-state index in [1.807, 2.05) is 35.8 Å². The molecule has 40 heavy (non-hydrogen) atoms. The van der Waals surface area contributed by atoms with E-state index in [2.05, 4.69) is 20.5 Å². The van der Waals surface area contributed by atoms with Gasteiger partial charge in [0.2, 0.25) is 0 Å². The fourth-order valence-corrected chi connectivity index (χ4v) is 5.17. The molecule has 0 bridgehead atoms. The lowest BCUT2D eigenvalue weighted by molar-refractivity contribution is -0.137. The Labute approximate surface area is 229 Å². The maximum atomic E-state index is 13.2. The Morgan fingerprint density at radius 2 is 1.90 bits per heavy atom. The number of rotatable bonds is 11. The van der Waals surface area contributed by atoms with Crippen molar-refractivity contribution in [3.63, 3.8) is 0 Å². The standard InChI is InChI=1S/C29H29F3N6O2/c1-18-5-2-8-21(15-18)28-37-27-25(38(28)16-19-10-12-22(13-11-19)29(30,31)32)26(35-24(17-39)36-27)34-23(9-4-14-33-40)20-6-3-7-20/h2,5,8,10-13,15,17,20,23H,3-4,6-7,9,14,16H2,1H3,(H,34,35,36). The van der Waals surface area contributed by atoms with E-state index in [0.29, 0.717) is 53.4 Å². The molecule has 0 aliphatic heterocycles. The first-order valence-corrected chi connectivity index (χ1v) is 13.3. The summed E-state index contributed by atoms with van der Waals surface area (Å²) in [6.45, 7) is 2.38. The number of aromatic nitrogens is 4. The van der Waals surface area contributed by atoms with Crippen LogP contribution in [0.1, 0.15) is 59.4 Å². The zero-order valence-electron chi connectivity index (χ0n) is 22.0. The molecule has 5 rings (SSSR count). The van der Waals surface area contributed by atoms with E-state index in [0.717, 1.165) is 42.5 Å². The number of anilines is 1. The van der Waals surface area contributed by atoms with Crippen molar-refractivity contribution in [2.45, 2.75) is 57.8 Å². The van der Waals surface area contributed by atoms with E-state index in [9.17, 15) is 22.9 Å². The zero-order chi connectivity index (χ0) is 28.3. The van der Waals surface area contributed by atoms with Gasteiger partial charge in [0, 0.05) is 18.2 Å². The van der Waals surface area contributed by atoms with Crippen LogP contribution in [0.4, 0.5) is 19.0 Å². The van der Waals surface area contributed by atoms with Gasteiger partial charge in [0.1, 0.15) is 11.3 Å². The molecule has 0 spiro atoms. The number of hydrogen-bond donors (Lipinski definition) is 1. The van der Waals surface area contributed by atoms with Crippen molar-refractivity contribution in [1.29, 1.82) is 0 Å². The fraction of sp³-hybridized carbons (Fsp3) is 0.379. The minimum absolute atomic E-state index is 0.00457. The number of nitrogens with zero attached hydrogens (tertiary/aromatic N) is 5. The van der Waals surface area contributed by atoms with Crippen LogP contribution < -0.4 is 5.32 Å². The first-order chi connectivity index (χ1) is 19.3. The summed E-state index contributed by atoms with van der Waals surface area (Å²) in [6, 6.07) is 12.8. The van der Waals surface area contributed by atoms with Crippen LogP contribution in [0.5, 0.6) is 0 Å². The Morgan fingerprint density at radius 3 is 2.52 bits per heavy atom. The molecule has 1 N–H and O–H groups in total. The SMILES string of the molecule is Cc1cccc(-c2nc3nc(C=O)nc(NC(CCCN=O)C4CCC4)c3n2Cc2ccc(C(F)(F)F)cc2)c1. The summed E-state index contributed by atoms with van der Waals surface area (Å²) in [5.74, 6) is 1.36. The Bertz CT molecular complexity index is 1510. The second-order valence-corrected chi connectivity index (χ2v) is 10.2. The van der Waals surface area contributed by atoms with Crippen LogP contribution >= 0.6 is 0 Å². The van der Waals surface area contributed by atoms with Gasteiger partial charge in [-0.05, 0) is 62.3 Å². The Balaban J connectivity index is 1.64. The summed E-state index contributed by atoms with van der Waals surface area (Å²) in [6.07, 6.45) is 0.666. The number of imidazole rings is 1. The summed E-state index contributed by atoms with van der Waals surface area (Å²) >= 11 is 0. The number of benzene rings is 2. The van der Waals surface area contributed by atoms with Crippen LogP contribution in [-0.2, 0) is 12.7 Å². The highest BCUT2D eigenvalue weighted by atomic mass is 19.4. The average molecular weight is 551 g/mol. The van der Waals surface area contributed by atoms with E-state index in [-0.39, 0.29) is 25.0 Å². The van der Waals surface area contributed by atoms with Gasteiger partial charge in [-0.3, -0.25) is 4.79 Å². The van der Waals surface area contributed by atoms with Gasteiger partial charge < -0.3 is 9.88 Å².